The van der Waals surface area contributed by atoms with Crippen molar-refractivity contribution in [3.05, 3.63) is 70.8 Å². The molecule has 0 atom stereocenters. The molecule has 0 amide bonds. The van der Waals surface area contributed by atoms with Crippen LogP contribution in [0.15, 0.2) is 42.5 Å². The molecule has 21 heavy (non-hydrogen) atoms. The molecule has 0 bridgehead atoms. The third kappa shape index (κ3) is 4.86. The lowest BCUT2D eigenvalue weighted by Crippen LogP contribution is -2.17. The number of halogens is 4. The number of rotatable bonds is 6. The molecule has 0 saturated carbocycles. The van der Waals surface area contributed by atoms with Gasteiger partial charge in [0.05, 0.1) is 0 Å². The van der Waals surface area contributed by atoms with Crippen molar-refractivity contribution < 1.29 is 17.6 Å². The SMILES string of the molecule is Fc1cc(F)cc(CCNCc2cccc(C(F)F)c2)c1. The molecule has 0 saturated heterocycles. The van der Waals surface area contributed by atoms with Gasteiger partial charge >= 0.3 is 0 Å². The third-order valence-electron chi connectivity index (χ3n) is 3.04. The molecule has 1 nitrogen and oxygen atoms in total. The Hall–Kier alpha value is -1.88. The summed E-state index contributed by atoms with van der Waals surface area (Å²) in [5.74, 6) is -1.20. The Morgan fingerprint density at radius 2 is 1.62 bits per heavy atom. The van der Waals surface area contributed by atoms with Gasteiger partial charge in [-0.25, -0.2) is 17.6 Å². The van der Waals surface area contributed by atoms with Gasteiger partial charge in [0.1, 0.15) is 11.6 Å². The van der Waals surface area contributed by atoms with E-state index in [1.54, 1.807) is 12.1 Å². The zero-order chi connectivity index (χ0) is 15.2. The van der Waals surface area contributed by atoms with Crippen LogP contribution in [0.3, 0.4) is 0 Å². The molecule has 0 unspecified atom stereocenters. The minimum absolute atomic E-state index is 0.0125. The van der Waals surface area contributed by atoms with Crippen LogP contribution in [0.4, 0.5) is 17.6 Å². The van der Waals surface area contributed by atoms with E-state index in [2.05, 4.69) is 5.32 Å². The molecular formula is C16H15F4N. The van der Waals surface area contributed by atoms with Crippen molar-refractivity contribution in [1.82, 2.24) is 5.32 Å². The number of alkyl halides is 2. The first kappa shape index (κ1) is 15.5. The topological polar surface area (TPSA) is 12.0 Å². The molecule has 0 aromatic heterocycles. The van der Waals surface area contributed by atoms with Gasteiger partial charge < -0.3 is 5.32 Å². The van der Waals surface area contributed by atoms with Crippen LogP contribution in [-0.4, -0.2) is 6.54 Å². The largest absolute Gasteiger partial charge is 0.312 e. The van der Waals surface area contributed by atoms with Crippen LogP contribution in [0, 0.1) is 11.6 Å². The van der Waals surface area contributed by atoms with E-state index >= 15 is 0 Å². The van der Waals surface area contributed by atoms with Crippen molar-refractivity contribution in [3.8, 4) is 0 Å². The lowest BCUT2D eigenvalue weighted by atomic mass is 10.1. The highest BCUT2D eigenvalue weighted by Crippen LogP contribution is 2.19. The van der Waals surface area contributed by atoms with Crippen molar-refractivity contribution in [2.75, 3.05) is 6.54 Å². The van der Waals surface area contributed by atoms with E-state index in [9.17, 15) is 17.6 Å². The summed E-state index contributed by atoms with van der Waals surface area (Å²) in [6, 6.07) is 9.54. The maximum Gasteiger partial charge on any atom is 0.263 e. The molecule has 5 heteroatoms. The highest BCUT2D eigenvalue weighted by molar-refractivity contribution is 5.24. The van der Waals surface area contributed by atoms with Gasteiger partial charge in [-0.05, 0) is 42.3 Å². The second-order valence-electron chi connectivity index (χ2n) is 4.75. The fourth-order valence-electron chi connectivity index (χ4n) is 2.06. The highest BCUT2D eigenvalue weighted by Gasteiger charge is 2.06. The van der Waals surface area contributed by atoms with E-state index in [-0.39, 0.29) is 5.56 Å². The molecule has 0 heterocycles. The second kappa shape index (κ2) is 7.22. The van der Waals surface area contributed by atoms with Crippen molar-refractivity contribution in [2.24, 2.45) is 0 Å². The fraction of sp³-hybridized carbons (Fsp3) is 0.250. The molecule has 0 aliphatic carbocycles. The summed E-state index contributed by atoms with van der Waals surface area (Å²) in [6.07, 6.45) is -2.02. The Balaban J connectivity index is 1.83. The summed E-state index contributed by atoms with van der Waals surface area (Å²) in [5, 5.41) is 3.07. The van der Waals surface area contributed by atoms with Gasteiger partial charge in [0.15, 0.2) is 0 Å². The lowest BCUT2D eigenvalue weighted by Gasteiger charge is -2.07. The Bertz CT molecular complexity index is 578. The predicted molar refractivity (Wildman–Crippen MR) is 73.2 cm³/mol. The number of benzene rings is 2. The van der Waals surface area contributed by atoms with Crippen molar-refractivity contribution in [3.63, 3.8) is 0 Å². The smallest absolute Gasteiger partial charge is 0.263 e. The minimum atomic E-state index is -2.49. The van der Waals surface area contributed by atoms with Gasteiger partial charge in [0.2, 0.25) is 0 Å². The second-order valence-corrected chi connectivity index (χ2v) is 4.75. The molecule has 2 aromatic rings. The Morgan fingerprint density at radius 3 is 2.29 bits per heavy atom. The van der Waals surface area contributed by atoms with Crippen LogP contribution in [-0.2, 0) is 13.0 Å². The van der Waals surface area contributed by atoms with Gasteiger partial charge in [0.25, 0.3) is 6.43 Å². The molecule has 112 valence electrons. The van der Waals surface area contributed by atoms with Crippen LogP contribution in [0.2, 0.25) is 0 Å². The predicted octanol–water partition coefficient (Wildman–Crippen LogP) is 4.23. The van der Waals surface area contributed by atoms with Crippen LogP contribution >= 0.6 is 0 Å². The molecule has 1 N–H and O–H groups in total. The first-order valence-corrected chi connectivity index (χ1v) is 6.57. The summed E-state index contributed by atoms with van der Waals surface area (Å²) in [5.41, 5.74) is 1.29. The van der Waals surface area contributed by atoms with Crippen LogP contribution in [0.25, 0.3) is 0 Å². The third-order valence-corrected chi connectivity index (χ3v) is 3.04. The van der Waals surface area contributed by atoms with Gasteiger partial charge in [-0.15, -0.1) is 0 Å². The molecule has 2 aromatic carbocycles. The lowest BCUT2D eigenvalue weighted by molar-refractivity contribution is 0.151. The maximum absolute atomic E-state index is 13.0. The Kier molecular flexibility index (Phi) is 5.33. The van der Waals surface area contributed by atoms with Crippen LogP contribution in [0.5, 0.6) is 0 Å². The van der Waals surface area contributed by atoms with Gasteiger partial charge in [-0.2, -0.15) is 0 Å². The summed E-state index contributed by atoms with van der Waals surface area (Å²) in [7, 11) is 0. The zero-order valence-corrected chi connectivity index (χ0v) is 11.3. The van der Waals surface area contributed by atoms with Crippen molar-refractivity contribution in [2.45, 2.75) is 19.4 Å². The van der Waals surface area contributed by atoms with E-state index in [1.807, 2.05) is 0 Å². The summed E-state index contributed by atoms with van der Waals surface area (Å²) >= 11 is 0. The molecular weight excluding hydrogens is 282 g/mol. The van der Waals surface area contributed by atoms with E-state index in [0.717, 1.165) is 11.6 Å². The normalized spacial score (nSPS) is 11.1. The monoisotopic (exact) mass is 297 g/mol. The molecule has 2 rings (SSSR count). The maximum atomic E-state index is 13.0. The number of nitrogens with one attached hydrogen (secondary N) is 1. The van der Waals surface area contributed by atoms with E-state index in [4.69, 9.17) is 0 Å². The first-order valence-electron chi connectivity index (χ1n) is 6.57. The molecule has 0 radical (unpaired) electrons. The zero-order valence-electron chi connectivity index (χ0n) is 11.3. The van der Waals surface area contributed by atoms with E-state index in [1.165, 1.54) is 24.3 Å². The average Bonchev–Trinajstić information content (AvgIpc) is 2.43. The fourth-order valence-corrected chi connectivity index (χ4v) is 2.06. The van der Waals surface area contributed by atoms with Gasteiger partial charge in [-0.3, -0.25) is 0 Å². The summed E-state index contributed by atoms with van der Waals surface area (Å²) < 4.78 is 51.1. The first-order chi connectivity index (χ1) is 10.0. The average molecular weight is 297 g/mol. The van der Waals surface area contributed by atoms with Gasteiger partial charge in [-0.1, -0.05) is 18.2 Å². The highest BCUT2D eigenvalue weighted by atomic mass is 19.3. The van der Waals surface area contributed by atoms with Gasteiger partial charge in [0, 0.05) is 18.2 Å². The van der Waals surface area contributed by atoms with Crippen LogP contribution in [0.1, 0.15) is 23.1 Å². The Labute approximate surface area is 120 Å². The van der Waals surface area contributed by atoms with Crippen molar-refractivity contribution >= 4 is 0 Å². The van der Waals surface area contributed by atoms with E-state index in [0.29, 0.717) is 25.1 Å². The Morgan fingerprint density at radius 1 is 0.905 bits per heavy atom. The number of hydrogen-bond donors (Lipinski definition) is 1. The summed E-state index contributed by atoms with van der Waals surface area (Å²) in [4.78, 5) is 0. The van der Waals surface area contributed by atoms with Crippen LogP contribution < -0.4 is 5.32 Å². The van der Waals surface area contributed by atoms with Crippen molar-refractivity contribution in [1.29, 1.82) is 0 Å². The minimum Gasteiger partial charge on any atom is -0.312 e. The molecule has 0 aliphatic heterocycles. The standard InChI is InChI=1S/C16H15F4N/c17-14-7-11(8-15(18)9-14)4-5-21-10-12-2-1-3-13(6-12)16(19)20/h1-3,6-9,16,21H,4-5,10H2. The molecule has 0 fully saturated rings. The summed E-state index contributed by atoms with van der Waals surface area (Å²) in [6.45, 7) is 0.931. The quantitative estimate of drug-likeness (QED) is 0.621. The molecule has 0 aliphatic rings. The van der Waals surface area contributed by atoms with E-state index < -0.39 is 18.1 Å². The molecule has 0 spiro atoms. The number of hydrogen-bond acceptors (Lipinski definition) is 1.